The van der Waals surface area contributed by atoms with Crippen LogP contribution in [0, 0.1) is 13.8 Å². The fourth-order valence-electron chi connectivity index (χ4n) is 2.64. The molecule has 10 heteroatoms. The van der Waals surface area contributed by atoms with Gasteiger partial charge < -0.3 is 15.4 Å². The van der Waals surface area contributed by atoms with Crippen molar-refractivity contribution in [2.75, 3.05) is 17.7 Å². The second kappa shape index (κ2) is 9.25. The molecule has 3 rings (SSSR count). The van der Waals surface area contributed by atoms with Gasteiger partial charge in [0.2, 0.25) is 0 Å². The molecule has 6 nitrogen and oxygen atoms in total. The molecule has 0 aliphatic rings. The number of halogens is 2. The second-order valence-corrected chi connectivity index (χ2v) is 9.13. The van der Waals surface area contributed by atoms with Gasteiger partial charge in [0, 0.05) is 16.1 Å². The predicted octanol–water partition coefficient (Wildman–Crippen LogP) is 5.62. The zero-order valence-electron chi connectivity index (χ0n) is 15.9. The first-order valence-corrected chi connectivity index (χ1v) is 10.9. The number of benzene rings is 1. The smallest absolute Gasteiger partial charge is 0.341 e. The Morgan fingerprint density at radius 1 is 1.31 bits per heavy atom. The molecule has 0 bridgehead atoms. The minimum Gasteiger partial charge on any atom is -0.465 e. The number of methoxy groups -OCH3 is 1. The number of carbonyl (C=O) groups is 1. The Hall–Kier alpha value is -1.94. The molecule has 0 fully saturated rings. The van der Waals surface area contributed by atoms with Crippen LogP contribution >= 0.6 is 51.1 Å². The minimum atomic E-state index is -0.398. The molecule has 0 amide bonds. The van der Waals surface area contributed by atoms with E-state index >= 15 is 0 Å². The molecule has 0 spiro atoms. The Morgan fingerprint density at radius 2 is 2.00 bits per heavy atom. The average Bonchev–Trinajstić information content (AvgIpc) is 3.15. The van der Waals surface area contributed by atoms with E-state index < -0.39 is 5.97 Å². The number of rotatable bonds is 5. The van der Waals surface area contributed by atoms with Gasteiger partial charge >= 0.3 is 5.97 Å². The lowest BCUT2D eigenvalue weighted by Crippen LogP contribution is -2.20. The molecule has 2 heterocycles. The zero-order valence-corrected chi connectivity index (χ0v) is 19.9. The predicted molar refractivity (Wildman–Crippen MR) is 125 cm³/mol. The number of anilines is 2. The lowest BCUT2D eigenvalue weighted by Gasteiger charge is -2.09. The van der Waals surface area contributed by atoms with Gasteiger partial charge in [-0.05, 0) is 65.3 Å². The maximum absolute atomic E-state index is 12.1. The van der Waals surface area contributed by atoms with Crippen LogP contribution in [0.5, 0.6) is 0 Å². The van der Waals surface area contributed by atoms with E-state index in [4.69, 9.17) is 28.6 Å². The van der Waals surface area contributed by atoms with Gasteiger partial charge in [0.15, 0.2) is 10.9 Å². The monoisotopic (exact) mass is 512 g/mol. The third-order valence-electron chi connectivity index (χ3n) is 4.21. The summed E-state index contributed by atoms with van der Waals surface area (Å²) >= 11 is 16.3. The molecular weight excluding hydrogens is 496 g/mol. The number of hydrogen-bond donors (Lipinski definition) is 2. The third-order valence-corrected chi connectivity index (χ3v) is 6.37. The van der Waals surface area contributed by atoms with Crippen LogP contribution in [0.15, 0.2) is 34.9 Å². The normalized spacial score (nSPS) is 10.7. The summed E-state index contributed by atoms with van der Waals surface area (Å²) in [5, 5.41) is 12.3. The van der Waals surface area contributed by atoms with Crippen molar-refractivity contribution in [2.24, 2.45) is 0 Å². The van der Waals surface area contributed by atoms with Gasteiger partial charge in [0.1, 0.15) is 5.00 Å². The SMILES string of the molecule is COC(=O)c1c(NC(=S)Nc2nn(Cc3ccc(Cl)cc3)cc2Br)sc(C)c1C. The first-order valence-electron chi connectivity index (χ1n) is 8.52. The fraction of sp³-hybridized carbons (Fsp3) is 0.211. The molecule has 3 aromatic rings. The van der Waals surface area contributed by atoms with E-state index in [9.17, 15) is 4.79 Å². The summed E-state index contributed by atoms with van der Waals surface area (Å²) in [6, 6.07) is 7.59. The average molecular weight is 514 g/mol. The van der Waals surface area contributed by atoms with Crippen molar-refractivity contribution in [1.82, 2.24) is 9.78 Å². The highest BCUT2D eigenvalue weighted by Crippen LogP contribution is 2.33. The molecule has 0 aliphatic heterocycles. The van der Waals surface area contributed by atoms with E-state index in [0.29, 0.717) is 33.1 Å². The number of nitrogens with one attached hydrogen (secondary N) is 2. The highest BCUT2D eigenvalue weighted by atomic mass is 79.9. The van der Waals surface area contributed by atoms with Crippen molar-refractivity contribution in [3.05, 3.63) is 61.5 Å². The molecule has 0 saturated heterocycles. The molecule has 0 aliphatic carbocycles. The number of carbonyl (C=O) groups excluding carboxylic acids is 1. The Morgan fingerprint density at radius 3 is 2.66 bits per heavy atom. The fourth-order valence-corrected chi connectivity index (χ4v) is 4.50. The number of thiocarbonyl (C=S) groups is 1. The number of esters is 1. The summed E-state index contributed by atoms with van der Waals surface area (Å²) in [6.45, 7) is 4.42. The standard InChI is InChI=1S/C19H18BrClN4O2S2/c1-10-11(2)29-17(15(10)18(26)27-3)23-19(28)22-16-14(20)9-25(24-16)8-12-4-6-13(21)7-5-12/h4-7,9H,8H2,1-3H3,(H2,22,23,24,28). The molecule has 29 heavy (non-hydrogen) atoms. The van der Waals surface area contributed by atoms with E-state index in [-0.39, 0.29) is 0 Å². The van der Waals surface area contributed by atoms with Crippen LogP contribution in [0.3, 0.4) is 0 Å². The van der Waals surface area contributed by atoms with E-state index in [2.05, 4.69) is 31.7 Å². The van der Waals surface area contributed by atoms with Gasteiger partial charge in [0.05, 0.1) is 23.7 Å². The van der Waals surface area contributed by atoms with Crippen LogP contribution in [0.1, 0.15) is 26.4 Å². The van der Waals surface area contributed by atoms with E-state index in [1.165, 1.54) is 18.4 Å². The van der Waals surface area contributed by atoms with Crippen LogP contribution in [-0.4, -0.2) is 28.0 Å². The highest BCUT2D eigenvalue weighted by Gasteiger charge is 2.21. The summed E-state index contributed by atoms with van der Waals surface area (Å²) in [4.78, 5) is 13.1. The Balaban J connectivity index is 1.72. The number of thiophene rings is 1. The van der Waals surface area contributed by atoms with Crippen LogP contribution in [0.25, 0.3) is 0 Å². The second-order valence-electron chi connectivity index (χ2n) is 6.21. The van der Waals surface area contributed by atoms with Gasteiger partial charge in [-0.2, -0.15) is 5.10 Å². The van der Waals surface area contributed by atoms with E-state index in [1.807, 2.05) is 44.3 Å². The van der Waals surface area contributed by atoms with Crippen LogP contribution in [-0.2, 0) is 11.3 Å². The Labute approximate surface area is 191 Å². The zero-order chi connectivity index (χ0) is 21.1. The molecule has 0 radical (unpaired) electrons. The Kier molecular flexibility index (Phi) is 6.94. The third kappa shape index (κ3) is 5.16. The molecule has 2 N–H and O–H groups in total. The number of nitrogens with zero attached hydrogens (tertiary/aromatic N) is 2. The number of aryl methyl sites for hydroxylation is 1. The van der Waals surface area contributed by atoms with E-state index in [1.54, 1.807) is 4.68 Å². The van der Waals surface area contributed by atoms with Crippen molar-refractivity contribution in [1.29, 1.82) is 0 Å². The lowest BCUT2D eigenvalue weighted by molar-refractivity contribution is 0.0601. The van der Waals surface area contributed by atoms with Crippen molar-refractivity contribution in [2.45, 2.75) is 20.4 Å². The van der Waals surface area contributed by atoms with Gasteiger partial charge in [-0.15, -0.1) is 11.3 Å². The molecule has 2 aromatic heterocycles. The Bertz CT molecular complexity index is 1060. The number of aromatic nitrogens is 2. The molecule has 1 aromatic carbocycles. The largest absolute Gasteiger partial charge is 0.465 e. The quantitative estimate of drug-likeness (QED) is 0.341. The minimum absolute atomic E-state index is 0.328. The van der Waals surface area contributed by atoms with Crippen molar-refractivity contribution in [3.63, 3.8) is 0 Å². The van der Waals surface area contributed by atoms with Gasteiger partial charge in [0.25, 0.3) is 0 Å². The topological polar surface area (TPSA) is 68.2 Å². The lowest BCUT2D eigenvalue weighted by atomic mass is 10.1. The summed E-state index contributed by atoms with van der Waals surface area (Å²) < 4.78 is 7.45. The van der Waals surface area contributed by atoms with E-state index in [0.717, 1.165) is 20.5 Å². The molecule has 0 atom stereocenters. The number of hydrogen-bond acceptors (Lipinski definition) is 5. The number of ether oxygens (including phenoxy) is 1. The van der Waals surface area contributed by atoms with Gasteiger partial charge in [-0.3, -0.25) is 4.68 Å². The maximum Gasteiger partial charge on any atom is 0.341 e. The molecule has 0 unspecified atom stereocenters. The van der Waals surface area contributed by atoms with Crippen molar-refractivity contribution in [3.8, 4) is 0 Å². The maximum atomic E-state index is 12.1. The highest BCUT2D eigenvalue weighted by molar-refractivity contribution is 9.10. The molecule has 152 valence electrons. The first kappa shape index (κ1) is 21.8. The summed E-state index contributed by atoms with van der Waals surface area (Å²) in [6.07, 6.45) is 1.86. The summed E-state index contributed by atoms with van der Waals surface area (Å²) in [5.41, 5.74) is 2.44. The van der Waals surface area contributed by atoms with Crippen LogP contribution in [0.2, 0.25) is 5.02 Å². The van der Waals surface area contributed by atoms with Crippen molar-refractivity contribution >= 4 is 73.0 Å². The van der Waals surface area contributed by atoms with Gasteiger partial charge in [-0.1, -0.05) is 23.7 Å². The van der Waals surface area contributed by atoms with Gasteiger partial charge in [-0.25, -0.2) is 4.79 Å². The van der Waals surface area contributed by atoms with Crippen molar-refractivity contribution < 1.29 is 9.53 Å². The first-order chi connectivity index (χ1) is 13.8. The molecule has 0 saturated carbocycles. The molecular formula is C19H18BrClN4O2S2. The summed E-state index contributed by atoms with van der Waals surface area (Å²) in [5.74, 6) is 0.173. The van der Waals surface area contributed by atoms with Crippen LogP contribution in [0.4, 0.5) is 10.8 Å². The van der Waals surface area contributed by atoms with Crippen LogP contribution < -0.4 is 10.6 Å². The summed E-state index contributed by atoms with van der Waals surface area (Å²) in [7, 11) is 1.36.